The van der Waals surface area contributed by atoms with Gasteiger partial charge in [-0.05, 0) is 24.5 Å². The summed E-state index contributed by atoms with van der Waals surface area (Å²) in [5, 5.41) is 9.79. The molecule has 1 aromatic carbocycles. The van der Waals surface area contributed by atoms with E-state index in [-0.39, 0.29) is 11.7 Å². The molecule has 0 bridgehead atoms. The molecule has 2 atom stereocenters. The summed E-state index contributed by atoms with van der Waals surface area (Å²) in [7, 11) is 0. The highest BCUT2D eigenvalue weighted by molar-refractivity contribution is 5.80. The van der Waals surface area contributed by atoms with Gasteiger partial charge in [0, 0.05) is 0 Å². The molecule has 68 valence electrons. The zero-order valence-electron chi connectivity index (χ0n) is 7.53. The molecule has 0 aliphatic heterocycles. The Hall–Kier alpha value is -1.15. The highest BCUT2D eigenvalue weighted by atomic mass is 16.3. The van der Waals surface area contributed by atoms with E-state index in [9.17, 15) is 9.90 Å². The number of aliphatic hydroxyl groups excluding tert-OH is 1. The first-order valence-electron chi connectivity index (χ1n) is 4.46. The Morgan fingerprint density at radius 2 is 2.15 bits per heavy atom. The second-order valence-electron chi connectivity index (χ2n) is 3.56. The predicted molar refractivity (Wildman–Crippen MR) is 49.3 cm³/mol. The normalized spacial score (nSPS) is 25.7. The second-order valence-corrected chi connectivity index (χ2v) is 3.56. The summed E-state index contributed by atoms with van der Waals surface area (Å²) in [5.74, 6) is -0.152. The number of carbonyl (C=O) groups excluding carboxylic acids is 1. The van der Waals surface area contributed by atoms with Crippen molar-refractivity contribution in [3.8, 4) is 0 Å². The number of hydrogen-bond donors (Lipinski definition) is 1. The first-order valence-corrected chi connectivity index (χ1v) is 4.46. The molecule has 0 aromatic heterocycles. The van der Waals surface area contributed by atoms with Crippen molar-refractivity contribution in [2.45, 2.75) is 19.4 Å². The Kier molecular flexibility index (Phi) is 1.93. The molecule has 1 aliphatic rings. The summed E-state index contributed by atoms with van der Waals surface area (Å²) in [6.07, 6.45) is 0.0980. The minimum Gasteiger partial charge on any atom is -0.388 e. The van der Waals surface area contributed by atoms with Crippen LogP contribution in [0.3, 0.4) is 0 Å². The molecule has 1 aromatic rings. The summed E-state index contributed by atoms with van der Waals surface area (Å²) in [5.41, 5.74) is 2.03. The zero-order chi connectivity index (χ0) is 9.42. The first kappa shape index (κ1) is 8.45. The molecule has 0 saturated heterocycles. The van der Waals surface area contributed by atoms with E-state index in [4.69, 9.17) is 0 Å². The molecular formula is C11H12O2. The average molecular weight is 176 g/mol. The third kappa shape index (κ3) is 1.27. The standard InChI is InChI=1S/C11H12O2/c1-7(12)10-6-8-4-2-3-5-9(8)11(10)13/h2-5,10-11,13H,6H2,1H3. The van der Waals surface area contributed by atoms with Gasteiger partial charge in [0.25, 0.3) is 0 Å². The van der Waals surface area contributed by atoms with Crippen molar-refractivity contribution in [2.24, 2.45) is 5.92 Å². The van der Waals surface area contributed by atoms with Gasteiger partial charge in [0.1, 0.15) is 5.78 Å². The summed E-state index contributed by atoms with van der Waals surface area (Å²) in [6, 6.07) is 7.70. The Morgan fingerprint density at radius 3 is 2.77 bits per heavy atom. The van der Waals surface area contributed by atoms with Gasteiger partial charge in [-0.15, -0.1) is 0 Å². The Balaban J connectivity index is 2.38. The summed E-state index contributed by atoms with van der Waals surface area (Å²) >= 11 is 0. The van der Waals surface area contributed by atoms with Gasteiger partial charge in [-0.25, -0.2) is 0 Å². The van der Waals surface area contributed by atoms with Crippen LogP contribution in [-0.4, -0.2) is 10.9 Å². The van der Waals surface area contributed by atoms with Crippen LogP contribution in [0, 0.1) is 5.92 Å². The molecule has 13 heavy (non-hydrogen) atoms. The van der Waals surface area contributed by atoms with Crippen molar-refractivity contribution in [3.63, 3.8) is 0 Å². The van der Waals surface area contributed by atoms with Gasteiger partial charge < -0.3 is 5.11 Å². The first-order chi connectivity index (χ1) is 6.20. The number of aliphatic hydroxyl groups is 1. The number of rotatable bonds is 1. The fourth-order valence-electron chi connectivity index (χ4n) is 1.94. The smallest absolute Gasteiger partial charge is 0.136 e. The third-order valence-electron chi connectivity index (χ3n) is 2.72. The second kappa shape index (κ2) is 2.96. The fourth-order valence-corrected chi connectivity index (χ4v) is 1.94. The minimum absolute atomic E-state index is 0.0729. The van der Waals surface area contributed by atoms with Gasteiger partial charge in [0.2, 0.25) is 0 Å². The molecule has 2 unspecified atom stereocenters. The van der Waals surface area contributed by atoms with E-state index in [0.717, 1.165) is 11.1 Å². The molecule has 1 aliphatic carbocycles. The lowest BCUT2D eigenvalue weighted by Gasteiger charge is -2.10. The van der Waals surface area contributed by atoms with Crippen molar-refractivity contribution in [1.82, 2.24) is 0 Å². The van der Waals surface area contributed by atoms with Crippen LogP contribution in [-0.2, 0) is 11.2 Å². The molecule has 2 rings (SSSR count). The Morgan fingerprint density at radius 1 is 1.46 bits per heavy atom. The molecule has 2 nitrogen and oxygen atoms in total. The van der Waals surface area contributed by atoms with E-state index >= 15 is 0 Å². The topological polar surface area (TPSA) is 37.3 Å². The molecule has 2 heteroatoms. The van der Waals surface area contributed by atoms with Gasteiger partial charge in [-0.3, -0.25) is 4.79 Å². The number of fused-ring (bicyclic) bond motifs is 1. The monoisotopic (exact) mass is 176 g/mol. The van der Waals surface area contributed by atoms with Crippen LogP contribution < -0.4 is 0 Å². The maximum absolute atomic E-state index is 11.2. The average Bonchev–Trinajstić information content (AvgIpc) is 2.45. The van der Waals surface area contributed by atoms with Crippen molar-refractivity contribution in [3.05, 3.63) is 35.4 Å². The van der Waals surface area contributed by atoms with E-state index in [2.05, 4.69) is 0 Å². The molecular weight excluding hydrogens is 164 g/mol. The molecule has 0 fully saturated rings. The molecule has 0 heterocycles. The van der Waals surface area contributed by atoms with Crippen LogP contribution in [0.25, 0.3) is 0 Å². The minimum atomic E-state index is -0.589. The highest BCUT2D eigenvalue weighted by Gasteiger charge is 2.33. The van der Waals surface area contributed by atoms with Crippen LogP contribution in [0.2, 0.25) is 0 Å². The van der Waals surface area contributed by atoms with Gasteiger partial charge in [-0.2, -0.15) is 0 Å². The molecule has 0 radical (unpaired) electrons. The van der Waals surface area contributed by atoms with Crippen LogP contribution in [0.15, 0.2) is 24.3 Å². The van der Waals surface area contributed by atoms with Gasteiger partial charge in [0.15, 0.2) is 0 Å². The van der Waals surface area contributed by atoms with Crippen molar-refractivity contribution >= 4 is 5.78 Å². The van der Waals surface area contributed by atoms with Crippen molar-refractivity contribution in [2.75, 3.05) is 0 Å². The number of hydrogen-bond acceptors (Lipinski definition) is 2. The van der Waals surface area contributed by atoms with E-state index in [1.54, 1.807) is 6.92 Å². The molecule has 1 N–H and O–H groups in total. The lowest BCUT2D eigenvalue weighted by Crippen LogP contribution is -2.15. The van der Waals surface area contributed by atoms with Crippen LogP contribution >= 0.6 is 0 Å². The zero-order valence-corrected chi connectivity index (χ0v) is 7.53. The highest BCUT2D eigenvalue weighted by Crippen LogP contribution is 2.35. The van der Waals surface area contributed by atoms with Gasteiger partial charge in [-0.1, -0.05) is 24.3 Å². The lowest BCUT2D eigenvalue weighted by atomic mass is 10.00. The van der Waals surface area contributed by atoms with E-state index in [1.807, 2.05) is 24.3 Å². The SMILES string of the molecule is CC(=O)C1Cc2ccccc2C1O. The van der Waals surface area contributed by atoms with Crippen molar-refractivity contribution < 1.29 is 9.90 Å². The fraction of sp³-hybridized carbons (Fsp3) is 0.364. The van der Waals surface area contributed by atoms with Crippen LogP contribution in [0.4, 0.5) is 0 Å². The number of carbonyl (C=O) groups is 1. The van der Waals surface area contributed by atoms with Crippen molar-refractivity contribution in [1.29, 1.82) is 0 Å². The van der Waals surface area contributed by atoms with Crippen LogP contribution in [0.5, 0.6) is 0 Å². The summed E-state index contributed by atoms with van der Waals surface area (Å²) < 4.78 is 0. The quantitative estimate of drug-likeness (QED) is 0.703. The third-order valence-corrected chi connectivity index (χ3v) is 2.72. The molecule has 0 spiro atoms. The number of benzene rings is 1. The summed E-state index contributed by atoms with van der Waals surface area (Å²) in [6.45, 7) is 1.54. The summed E-state index contributed by atoms with van der Waals surface area (Å²) in [4.78, 5) is 11.2. The number of ketones is 1. The van der Waals surface area contributed by atoms with Gasteiger partial charge in [0.05, 0.1) is 12.0 Å². The van der Waals surface area contributed by atoms with Gasteiger partial charge >= 0.3 is 0 Å². The Labute approximate surface area is 77.2 Å². The largest absolute Gasteiger partial charge is 0.388 e. The van der Waals surface area contributed by atoms with E-state index in [1.165, 1.54) is 0 Å². The molecule has 0 saturated carbocycles. The maximum atomic E-state index is 11.2. The molecule has 0 amide bonds. The van der Waals surface area contributed by atoms with E-state index in [0.29, 0.717) is 6.42 Å². The Bertz CT molecular complexity index is 344. The predicted octanol–water partition coefficient (Wildman–Crippen LogP) is 1.48. The van der Waals surface area contributed by atoms with E-state index < -0.39 is 6.10 Å². The number of Topliss-reactive ketones (excluding diaryl/α,β-unsaturated/α-hetero) is 1. The maximum Gasteiger partial charge on any atom is 0.136 e. The van der Waals surface area contributed by atoms with Crippen LogP contribution in [0.1, 0.15) is 24.2 Å². The lowest BCUT2D eigenvalue weighted by molar-refractivity contribution is -0.123.